The van der Waals surface area contributed by atoms with Crippen LogP contribution < -0.4 is 0 Å². The van der Waals surface area contributed by atoms with Crippen molar-refractivity contribution in [2.24, 2.45) is 0 Å². The highest BCUT2D eigenvalue weighted by Gasteiger charge is 2.38. The summed E-state index contributed by atoms with van der Waals surface area (Å²) in [6.45, 7) is 4.54. The molecule has 28 heavy (non-hydrogen) atoms. The summed E-state index contributed by atoms with van der Waals surface area (Å²) < 4.78 is 2.76. The minimum Gasteiger partial charge on any atom is -0.348 e. The molecule has 1 N–H and O–H groups in total. The third-order valence-electron chi connectivity index (χ3n) is 4.98. The average molecular weight is 393 g/mol. The molecule has 142 valence electrons. The number of para-hydroxylation sites is 1. The fraction of sp³-hybridized carbons (Fsp3) is 0.316. The number of rotatable bonds is 3. The van der Waals surface area contributed by atoms with Gasteiger partial charge in [0, 0.05) is 24.7 Å². The van der Waals surface area contributed by atoms with Crippen LogP contribution >= 0.6 is 11.3 Å². The topological polar surface area (TPSA) is 92.6 Å². The number of carbonyl (C=O) groups excluding carboxylic acids is 1. The number of nitrogens with zero attached hydrogens (tertiary/aromatic N) is 6. The molecule has 0 saturated carbocycles. The van der Waals surface area contributed by atoms with Crippen molar-refractivity contribution in [3.8, 4) is 0 Å². The van der Waals surface area contributed by atoms with E-state index in [-0.39, 0.29) is 18.0 Å². The minimum atomic E-state index is -0.336. The van der Waals surface area contributed by atoms with Gasteiger partial charge >= 0.3 is 0 Å². The molecule has 1 aliphatic rings. The van der Waals surface area contributed by atoms with Gasteiger partial charge in [0.1, 0.15) is 17.4 Å². The van der Waals surface area contributed by atoms with Crippen LogP contribution in [0.3, 0.4) is 0 Å². The van der Waals surface area contributed by atoms with Gasteiger partial charge in [-0.05, 0) is 26.0 Å². The van der Waals surface area contributed by atoms with Crippen molar-refractivity contribution in [3.05, 3.63) is 59.1 Å². The maximum absolute atomic E-state index is 13.5. The number of hydrogen-bond acceptors (Lipinski definition) is 6. The first-order valence-corrected chi connectivity index (χ1v) is 10.0. The summed E-state index contributed by atoms with van der Waals surface area (Å²) in [5.41, 5.74) is 2.84. The summed E-state index contributed by atoms with van der Waals surface area (Å²) >= 11 is 1.60. The number of imidazole rings is 1. The molecule has 8 nitrogen and oxygen atoms in total. The van der Waals surface area contributed by atoms with E-state index in [4.69, 9.17) is 4.98 Å². The number of nitrogens with one attached hydrogen (secondary N) is 1. The zero-order valence-corrected chi connectivity index (χ0v) is 16.3. The number of aromatic amines is 1. The Labute approximate surface area is 165 Å². The average Bonchev–Trinajstić information content (AvgIpc) is 3.44. The van der Waals surface area contributed by atoms with E-state index in [1.165, 1.54) is 6.33 Å². The standard InChI is InChI=1S/C19H19N7OS/c1-11(2)26-17(22-10-23-26)19(27)25-8-7-13-15(21-9-20-13)16(25)18-24-12-5-3-4-6-14(12)28-18/h3-6,9-11,16H,7-8H2,1-2H3,(H,20,21)/t16-/m0/s1. The Balaban J connectivity index is 1.62. The molecule has 1 amide bonds. The first-order valence-electron chi connectivity index (χ1n) is 9.21. The van der Waals surface area contributed by atoms with Gasteiger partial charge in [-0.25, -0.2) is 19.6 Å². The molecule has 0 unspecified atom stereocenters. The Morgan fingerprint density at radius 1 is 1.29 bits per heavy atom. The van der Waals surface area contributed by atoms with E-state index < -0.39 is 0 Å². The largest absolute Gasteiger partial charge is 0.348 e. The van der Waals surface area contributed by atoms with Gasteiger partial charge in [-0.2, -0.15) is 5.10 Å². The Morgan fingerprint density at radius 3 is 2.96 bits per heavy atom. The van der Waals surface area contributed by atoms with Gasteiger partial charge in [-0.15, -0.1) is 11.3 Å². The molecule has 0 aliphatic carbocycles. The predicted octanol–water partition coefficient (Wildman–Crippen LogP) is 2.98. The zero-order chi connectivity index (χ0) is 19.3. The Bertz CT molecular complexity index is 1120. The lowest BCUT2D eigenvalue weighted by Gasteiger charge is -2.33. The summed E-state index contributed by atoms with van der Waals surface area (Å²) in [6, 6.07) is 7.72. The van der Waals surface area contributed by atoms with Crippen LogP contribution in [0.1, 0.15) is 52.9 Å². The normalized spacial score (nSPS) is 16.7. The highest BCUT2D eigenvalue weighted by atomic mass is 32.1. The Hall–Kier alpha value is -3.07. The van der Waals surface area contributed by atoms with Gasteiger partial charge in [-0.3, -0.25) is 4.79 Å². The van der Waals surface area contributed by atoms with Gasteiger partial charge in [0.15, 0.2) is 0 Å². The second-order valence-corrected chi connectivity index (χ2v) is 8.12. The summed E-state index contributed by atoms with van der Waals surface area (Å²) in [5.74, 6) is 0.198. The molecule has 1 atom stereocenters. The fourth-order valence-electron chi connectivity index (χ4n) is 3.66. The first kappa shape index (κ1) is 17.1. The van der Waals surface area contributed by atoms with Crippen LogP contribution in [0.5, 0.6) is 0 Å². The first-order chi connectivity index (χ1) is 13.6. The fourth-order valence-corrected chi connectivity index (χ4v) is 4.75. The van der Waals surface area contributed by atoms with Gasteiger partial charge in [0.2, 0.25) is 5.82 Å². The van der Waals surface area contributed by atoms with Crippen LogP contribution in [0.4, 0.5) is 0 Å². The van der Waals surface area contributed by atoms with Crippen molar-refractivity contribution in [2.75, 3.05) is 6.54 Å². The van der Waals surface area contributed by atoms with E-state index in [2.05, 4.69) is 20.1 Å². The van der Waals surface area contributed by atoms with E-state index in [9.17, 15) is 4.79 Å². The lowest BCUT2D eigenvalue weighted by Crippen LogP contribution is -2.42. The molecule has 0 saturated heterocycles. The SMILES string of the molecule is CC(C)n1ncnc1C(=O)N1CCc2[nH]cnc2[C@H]1c1nc2ccccc2s1. The summed E-state index contributed by atoms with van der Waals surface area (Å²) in [5, 5.41) is 5.08. The number of carbonyl (C=O) groups is 1. The quantitative estimate of drug-likeness (QED) is 0.578. The van der Waals surface area contributed by atoms with Crippen molar-refractivity contribution in [1.82, 2.24) is 34.6 Å². The van der Waals surface area contributed by atoms with Crippen LogP contribution in [0, 0.1) is 0 Å². The molecule has 4 aromatic rings. The van der Waals surface area contributed by atoms with Crippen molar-refractivity contribution >= 4 is 27.5 Å². The molecule has 1 aliphatic heterocycles. The molecule has 5 rings (SSSR count). The van der Waals surface area contributed by atoms with Crippen molar-refractivity contribution < 1.29 is 4.79 Å². The second kappa shape index (κ2) is 6.52. The van der Waals surface area contributed by atoms with Gasteiger partial charge in [0.05, 0.1) is 22.2 Å². The van der Waals surface area contributed by atoms with Crippen LogP contribution in [-0.4, -0.2) is 47.1 Å². The van der Waals surface area contributed by atoms with E-state index in [1.807, 2.05) is 43.0 Å². The number of fused-ring (bicyclic) bond motifs is 2. The number of amides is 1. The molecule has 9 heteroatoms. The monoisotopic (exact) mass is 393 g/mol. The molecule has 3 aromatic heterocycles. The molecule has 0 spiro atoms. The lowest BCUT2D eigenvalue weighted by molar-refractivity contribution is 0.0669. The number of benzene rings is 1. The summed E-state index contributed by atoms with van der Waals surface area (Å²) in [4.78, 5) is 32.1. The van der Waals surface area contributed by atoms with Crippen LogP contribution in [-0.2, 0) is 6.42 Å². The molecule has 1 aromatic carbocycles. The van der Waals surface area contributed by atoms with Gasteiger partial charge in [-0.1, -0.05) is 12.1 Å². The third-order valence-corrected chi connectivity index (χ3v) is 6.07. The molecular formula is C19H19N7OS. The second-order valence-electron chi connectivity index (χ2n) is 7.06. The number of H-pyrrole nitrogens is 1. The van der Waals surface area contributed by atoms with E-state index in [1.54, 1.807) is 22.3 Å². The van der Waals surface area contributed by atoms with Crippen LogP contribution in [0.2, 0.25) is 0 Å². The van der Waals surface area contributed by atoms with Gasteiger partial charge < -0.3 is 9.88 Å². The number of thiazole rings is 1. The van der Waals surface area contributed by atoms with Crippen molar-refractivity contribution in [1.29, 1.82) is 0 Å². The molecule has 0 bridgehead atoms. The van der Waals surface area contributed by atoms with E-state index >= 15 is 0 Å². The van der Waals surface area contributed by atoms with Crippen molar-refractivity contribution in [2.45, 2.75) is 32.4 Å². The molecular weight excluding hydrogens is 374 g/mol. The molecule has 0 radical (unpaired) electrons. The van der Waals surface area contributed by atoms with E-state index in [0.29, 0.717) is 12.4 Å². The highest BCUT2D eigenvalue weighted by molar-refractivity contribution is 7.18. The molecule has 4 heterocycles. The maximum atomic E-state index is 13.5. The molecule has 0 fully saturated rings. The van der Waals surface area contributed by atoms with Crippen LogP contribution in [0.25, 0.3) is 10.2 Å². The smallest absolute Gasteiger partial charge is 0.292 e. The lowest BCUT2D eigenvalue weighted by atomic mass is 10.0. The van der Waals surface area contributed by atoms with Gasteiger partial charge in [0.25, 0.3) is 5.91 Å². The van der Waals surface area contributed by atoms with Crippen LogP contribution in [0.15, 0.2) is 36.9 Å². The Morgan fingerprint density at radius 2 is 2.14 bits per heavy atom. The summed E-state index contributed by atoms with van der Waals surface area (Å²) in [7, 11) is 0. The number of hydrogen-bond donors (Lipinski definition) is 1. The minimum absolute atomic E-state index is 0.0492. The van der Waals surface area contributed by atoms with Crippen molar-refractivity contribution in [3.63, 3.8) is 0 Å². The zero-order valence-electron chi connectivity index (χ0n) is 15.5. The Kier molecular flexibility index (Phi) is 3.97. The highest BCUT2D eigenvalue weighted by Crippen LogP contribution is 2.38. The number of aromatic nitrogens is 6. The van der Waals surface area contributed by atoms with E-state index in [0.717, 1.165) is 33.0 Å². The summed E-state index contributed by atoms with van der Waals surface area (Å²) in [6.07, 6.45) is 3.84. The maximum Gasteiger partial charge on any atom is 0.292 e. The predicted molar refractivity (Wildman–Crippen MR) is 105 cm³/mol. The third kappa shape index (κ3) is 2.62.